The number of rotatable bonds is 10. The Morgan fingerprint density at radius 3 is 1.07 bits per heavy atom. The first-order valence-electron chi connectivity index (χ1n) is 48.0. The summed E-state index contributed by atoms with van der Waals surface area (Å²) in [4.78, 5) is 0. The molecule has 0 amide bonds. The highest BCUT2D eigenvalue weighted by Gasteiger charge is 2.31. The standard InChI is InChI=1S/2C31H36N.C30H36N.C26H28N/c1-19(2)25-12-9-13-26-27(25)14-15-28-30(26)17-21(4)32(6)31(28)29-18-24(16-20(3)22(29)5)23-10-7-8-11-23;1-19(2)25-12-11-24-13-14-27-30(29(24)17-25)16-21(4)32(6)31(27)28-18-26(15-20(3)22(28)5)23-9-7-8-10-23;1-18(2)23-11-10-12-24-25(23)13-14-26-28(24)16-20(4)31(9)29(26)27-17-22(30(6,7)8)15-19(3)21(27)5;1-16(2)21-8-7-20-9-10-23-22(25(20)15-21)11-12-27(6)26(23)24-14-17(3)13-18(4)19(24)5/h9,12-19,23H,7-8,10-11H2,1-6H3;11-19,23H,7-10H2,1-6H3;10-18H,1-9H3;7-16H,1-6H3/q4*+1/i17D;2*16D;11D,12D. The van der Waals surface area contributed by atoms with Crippen LogP contribution in [0.2, 0.25) is 0 Å². The van der Waals surface area contributed by atoms with E-state index in [1.165, 1.54) is 217 Å². The van der Waals surface area contributed by atoms with Crippen LogP contribution in [0.5, 0.6) is 0 Å². The van der Waals surface area contributed by atoms with E-state index >= 15 is 0 Å². The minimum Gasteiger partial charge on any atom is -0.200 e. The Hall–Kier alpha value is -10.7. The Bertz CT molecular complexity index is 7000. The van der Waals surface area contributed by atoms with Crippen LogP contribution in [0.15, 0.2) is 200 Å². The Kier molecular flexibility index (Phi) is 22.6. The average molecular weight is 1620 g/mol. The van der Waals surface area contributed by atoms with Crippen molar-refractivity contribution < 1.29 is 25.1 Å². The van der Waals surface area contributed by atoms with Gasteiger partial charge in [0, 0.05) is 66.5 Å². The van der Waals surface area contributed by atoms with Gasteiger partial charge in [0.25, 0.3) is 0 Å². The number of hydrogen-bond acceptors (Lipinski definition) is 0. The van der Waals surface area contributed by atoms with Crippen molar-refractivity contribution in [3.8, 4) is 45.0 Å². The first kappa shape index (κ1) is 79.8. The topological polar surface area (TPSA) is 15.5 Å². The molecular formula is C118H136N4+4. The van der Waals surface area contributed by atoms with Gasteiger partial charge in [0.1, 0.15) is 29.6 Å². The first-order valence-corrected chi connectivity index (χ1v) is 45.5. The fraction of sp³-hybridized carbons (Fsp3) is 0.356. The molecule has 16 aromatic rings. The van der Waals surface area contributed by atoms with Crippen LogP contribution in [0.25, 0.3) is 131 Å². The van der Waals surface area contributed by atoms with Gasteiger partial charge in [-0.1, -0.05) is 229 Å². The Balaban J connectivity index is 0.000000131. The number of pyridine rings is 4. The van der Waals surface area contributed by atoms with Gasteiger partial charge < -0.3 is 0 Å². The van der Waals surface area contributed by atoms with Crippen molar-refractivity contribution in [2.45, 2.75) is 252 Å². The minimum atomic E-state index is 0.0743. The molecule has 4 heterocycles. The van der Waals surface area contributed by atoms with E-state index in [1.807, 2.05) is 11.6 Å². The molecule has 122 heavy (non-hydrogen) atoms. The molecule has 2 fully saturated rings. The van der Waals surface area contributed by atoms with E-state index in [1.54, 1.807) is 0 Å². The van der Waals surface area contributed by atoms with Crippen molar-refractivity contribution in [2.24, 2.45) is 28.2 Å². The molecule has 0 bridgehead atoms. The van der Waals surface area contributed by atoms with Crippen LogP contribution in [0.1, 0.15) is 276 Å². The second-order valence-electron chi connectivity index (χ2n) is 38.9. The summed E-state index contributed by atoms with van der Waals surface area (Å²) in [6.45, 7) is 50.8. The van der Waals surface area contributed by atoms with E-state index in [9.17, 15) is 0 Å². The lowest BCUT2D eigenvalue weighted by atomic mass is 9.82. The Morgan fingerprint density at radius 2 is 0.664 bits per heavy atom. The normalized spacial score (nSPS) is 14.1. The average Bonchev–Trinajstić information content (AvgIpc) is 0.857. The molecule has 18 rings (SSSR count). The summed E-state index contributed by atoms with van der Waals surface area (Å²) in [5.41, 5.74) is 34.3. The van der Waals surface area contributed by atoms with Crippen LogP contribution in [-0.2, 0) is 33.6 Å². The van der Waals surface area contributed by atoms with Crippen LogP contribution >= 0.6 is 0 Å². The zero-order chi connectivity index (χ0) is 91.4. The van der Waals surface area contributed by atoms with Crippen molar-refractivity contribution in [3.05, 3.63) is 306 Å². The fourth-order valence-electron chi connectivity index (χ4n) is 20.1. The number of benzene rings is 12. The van der Waals surface area contributed by atoms with Gasteiger partial charge >= 0.3 is 0 Å². The maximum Gasteiger partial charge on any atom is 0.220 e. The molecule has 0 N–H and O–H groups in total. The first-order chi connectivity index (χ1) is 60.2. The molecule has 12 aromatic carbocycles. The summed E-state index contributed by atoms with van der Waals surface area (Å²) in [6.07, 6.45) is 10.9. The van der Waals surface area contributed by atoms with Crippen LogP contribution in [0.4, 0.5) is 0 Å². The molecule has 4 nitrogen and oxygen atoms in total. The number of hydrogen-bond donors (Lipinski definition) is 0. The van der Waals surface area contributed by atoms with Gasteiger partial charge in [0.05, 0.1) is 49.3 Å². The Labute approximate surface area is 737 Å². The zero-order valence-electron chi connectivity index (χ0n) is 83.6. The molecule has 2 aliphatic carbocycles. The predicted octanol–water partition coefficient (Wildman–Crippen LogP) is 30.7. The van der Waals surface area contributed by atoms with Crippen molar-refractivity contribution in [1.29, 1.82) is 0 Å². The molecule has 0 aliphatic heterocycles. The zero-order valence-corrected chi connectivity index (χ0v) is 78.6. The van der Waals surface area contributed by atoms with E-state index in [0.717, 1.165) is 71.4 Å². The summed E-state index contributed by atoms with van der Waals surface area (Å²) in [7, 11) is 8.28. The molecule has 624 valence electrons. The maximum absolute atomic E-state index is 9.10. The van der Waals surface area contributed by atoms with Gasteiger partial charge in [-0.25, -0.2) is 4.57 Å². The highest BCUT2D eigenvalue weighted by molar-refractivity contribution is 6.15. The third-order valence-corrected chi connectivity index (χ3v) is 28.4. The van der Waals surface area contributed by atoms with Crippen LogP contribution in [0, 0.1) is 83.1 Å². The van der Waals surface area contributed by atoms with E-state index in [2.05, 4.69) is 364 Å². The largest absolute Gasteiger partial charge is 0.220 e. The van der Waals surface area contributed by atoms with Crippen molar-refractivity contribution in [2.75, 3.05) is 0 Å². The summed E-state index contributed by atoms with van der Waals surface area (Å²) >= 11 is 0. The van der Waals surface area contributed by atoms with E-state index in [-0.39, 0.29) is 11.6 Å². The summed E-state index contributed by atoms with van der Waals surface area (Å²) < 4.78 is 53.3. The molecule has 2 aliphatic rings. The molecule has 0 unspecified atom stereocenters. The second-order valence-corrected chi connectivity index (χ2v) is 38.9. The molecular weight excluding hydrogens is 1470 g/mol. The van der Waals surface area contributed by atoms with Crippen molar-refractivity contribution in [1.82, 2.24) is 0 Å². The van der Waals surface area contributed by atoms with E-state index in [0.29, 0.717) is 59.7 Å². The lowest BCUT2D eigenvalue weighted by Gasteiger charge is -2.22. The predicted molar refractivity (Wildman–Crippen MR) is 527 cm³/mol. The number of fused-ring (bicyclic) bond motifs is 12. The lowest BCUT2D eigenvalue weighted by molar-refractivity contribution is -0.665. The molecule has 0 saturated heterocycles. The molecule has 0 atom stereocenters. The molecule has 0 radical (unpaired) electrons. The fourth-order valence-corrected chi connectivity index (χ4v) is 20.1. The Morgan fingerprint density at radius 1 is 0.320 bits per heavy atom. The smallest absolute Gasteiger partial charge is 0.200 e. The number of aryl methyl sites for hydroxylation is 5. The highest BCUT2D eigenvalue weighted by atomic mass is 15.0. The molecule has 4 aromatic heterocycles. The lowest BCUT2D eigenvalue weighted by Crippen LogP contribution is -2.35. The quantitative estimate of drug-likeness (QED) is 0.0958. The van der Waals surface area contributed by atoms with Gasteiger partial charge in [0.15, 0.2) is 23.3 Å². The van der Waals surface area contributed by atoms with Gasteiger partial charge in [-0.3, -0.25) is 0 Å². The van der Waals surface area contributed by atoms with Gasteiger partial charge in [-0.05, 0) is 304 Å². The summed E-state index contributed by atoms with van der Waals surface area (Å²) in [6, 6.07) is 65.3. The van der Waals surface area contributed by atoms with E-state index in [4.69, 9.17) is 6.85 Å². The third-order valence-electron chi connectivity index (χ3n) is 28.4. The molecule has 0 spiro atoms. The number of nitrogens with zero attached hydrogens (tertiary/aromatic N) is 4. The van der Waals surface area contributed by atoms with Gasteiger partial charge in [0.2, 0.25) is 22.8 Å². The summed E-state index contributed by atoms with van der Waals surface area (Å²) in [5.74, 6) is 3.15. The van der Waals surface area contributed by atoms with Crippen molar-refractivity contribution in [3.63, 3.8) is 0 Å². The van der Waals surface area contributed by atoms with E-state index < -0.39 is 0 Å². The van der Waals surface area contributed by atoms with Crippen molar-refractivity contribution >= 4 is 86.2 Å². The monoisotopic (exact) mass is 1610 g/mol. The SMILES string of the molecule is [2H]c1c(C)[n+](C)c(-c2cc(C(C)(C)C)cc(C)c2C)c2ccc3c(C(C)C)cccc3c12.[2H]c1c(C)[n+](C)c(-c2cc(C3CCCC3)cc(C)c2C)c2ccc3c(C(C)C)cccc3c12.[2H]c1c(C)[n+](C)c(-c2cc(C3CCCC3)cc(C)c2C)c2ccc3ccc(C(C)C)cc3c12.[2H]c1c([2H])[n+](C)c(-c2cc(C)cc(C)c2C)c2ccc3ccc(C(C)C)cc3c12. The van der Waals surface area contributed by atoms with Gasteiger partial charge in [-0.15, -0.1) is 0 Å². The molecule has 4 heteroatoms. The number of aromatic nitrogens is 4. The maximum atomic E-state index is 9.10. The second kappa shape index (κ2) is 34.6. The summed E-state index contributed by atoms with van der Waals surface area (Å²) in [5, 5.41) is 18.2. The van der Waals surface area contributed by atoms with Crippen LogP contribution in [0.3, 0.4) is 0 Å². The third kappa shape index (κ3) is 16.3. The van der Waals surface area contributed by atoms with Crippen LogP contribution in [-0.4, -0.2) is 0 Å². The highest BCUT2D eigenvalue weighted by Crippen LogP contribution is 2.46. The molecule has 2 saturated carbocycles. The minimum absolute atomic E-state index is 0.0743. The van der Waals surface area contributed by atoms with Gasteiger partial charge in [-0.2, -0.15) is 13.7 Å². The van der Waals surface area contributed by atoms with Crippen LogP contribution < -0.4 is 18.3 Å².